The SMILES string of the molecule is Cc1cc(OCc2cccc(F)c2Br)c(C(=O)O)s1. The number of rotatable bonds is 4. The number of benzene rings is 1. The van der Waals surface area contributed by atoms with Crippen LogP contribution in [-0.2, 0) is 6.61 Å². The smallest absolute Gasteiger partial charge is 0.349 e. The van der Waals surface area contributed by atoms with E-state index in [-0.39, 0.29) is 17.3 Å². The lowest BCUT2D eigenvalue weighted by Crippen LogP contribution is -2.01. The molecule has 0 atom stereocenters. The van der Waals surface area contributed by atoms with E-state index in [4.69, 9.17) is 9.84 Å². The number of hydrogen-bond donors (Lipinski definition) is 1. The van der Waals surface area contributed by atoms with Crippen molar-refractivity contribution < 1.29 is 19.0 Å². The Kier molecular flexibility index (Phi) is 4.21. The maximum atomic E-state index is 13.3. The largest absolute Gasteiger partial charge is 0.487 e. The highest BCUT2D eigenvalue weighted by Crippen LogP contribution is 2.30. The number of thiophene rings is 1. The normalized spacial score (nSPS) is 10.5. The molecule has 0 spiro atoms. The molecule has 0 unspecified atom stereocenters. The Morgan fingerprint density at radius 1 is 1.53 bits per heavy atom. The summed E-state index contributed by atoms with van der Waals surface area (Å²) in [6.45, 7) is 1.91. The fourth-order valence-electron chi connectivity index (χ4n) is 1.56. The quantitative estimate of drug-likeness (QED) is 0.902. The van der Waals surface area contributed by atoms with Gasteiger partial charge in [-0.3, -0.25) is 0 Å². The zero-order valence-corrected chi connectivity index (χ0v) is 12.3. The van der Waals surface area contributed by atoms with E-state index in [1.54, 1.807) is 18.2 Å². The zero-order chi connectivity index (χ0) is 14.0. The second kappa shape index (κ2) is 5.71. The van der Waals surface area contributed by atoms with Crippen molar-refractivity contribution in [1.29, 1.82) is 0 Å². The van der Waals surface area contributed by atoms with Gasteiger partial charge in [0.1, 0.15) is 18.2 Å². The van der Waals surface area contributed by atoms with Gasteiger partial charge < -0.3 is 9.84 Å². The van der Waals surface area contributed by atoms with E-state index in [9.17, 15) is 9.18 Å². The van der Waals surface area contributed by atoms with Crippen LogP contribution in [0, 0.1) is 12.7 Å². The summed E-state index contributed by atoms with van der Waals surface area (Å²) in [5.74, 6) is -1.08. The summed E-state index contributed by atoms with van der Waals surface area (Å²) in [4.78, 5) is 12.0. The number of carboxylic acid groups (broad SMARTS) is 1. The van der Waals surface area contributed by atoms with E-state index in [0.29, 0.717) is 15.8 Å². The molecule has 3 nitrogen and oxygen atoms in total. The van der Waals surface area contributed by atoms with Gasteiger partial charge in [-0.05, 0) is 35.0 Å². The highest BCUT2D eigenvalue weighted by molar-refractivity contribution is 9.10. The first-order valence-electron chi connectivity index (χ1n) is 5.38. The first kappa shape index (κ1) is 14.0. The minimum Gasteiger partial charge on any atom is -0.487 e. The number of carbonyl (C=O) groups is 1. The third kappa shape index (κ3) is 3.13. The lowest BCUT2D eigenvalue weighted by atomic mass is 10.2. The van der Waals surface area contributed by atoms with Crippen LogP contribution in [0.4, 0.5) is 4.39 Å². The molecular formula is C13H10BrFO3S. The molecule has 0 saturated heterocycles. The number of aryl methyl sites for hydroxylation is 1. The van der Waals surface area contributed by atoms with E-state index in [1.807, 2.05) is 6.92 Å². The molecule has 0 radical (unpaired) electrons. The Balaban J connectivity index is 2.19. The van der Waals surface area contributed by atoms with Gasteiger partial charge in [0, 0.05) is 10.4 Å². The highest BCUT2D eigenvalue weighted by Gasteiger charge is 2.16. The summed E-state index contributed by atoms with van der Waals surface area (Å²) in [5.41, 5.74) is 0.625. The topological polar surface area (TPSA) is 46.5 Å². The summed E-state index contributed by atoms with van der Waals surface area (Å²) < 4.78 is 19.1. The van der Waals surface area contributed by atoms with Crippen LogP contribution in [0.25, 0.3) is 0 Å². The van der Waals surface area contributed by atoms with Gasteiger partial charge in [-0.2, -0.15) is 0 Å². The number of aromatic carboxylic acids is 1. The molecule has 0 bridgehead atoms. The van der Waals surface area contributed by atoms with Gasteiger partial charge in [0.15, 0.2) is 4.88 Å². The minimum absolute atomic E-state index is 0.106. The zero-order valence-electron chi connectivity index (χ0n) is 9.94. The van der Waals surface area contributed by atoms with Crippen LogP contribution in [0.5, 0.6) is 5.75 Å². The molecule has 0 saturated carbocycles. The van der Waals surface area contributed by atoms with E-state index in [0.717, 1.165) is 16.2 Å². The molecule has 1 heterocycles. The molecule has 0 amide bonds. The van der Waals surface area contributed by atoms with E-state index in [2.05, 4.69) is 15.9 Å². The Morgan fingerprint density at radius 3 is 2.95 bits per heavy atom. The molecule has 0 fully saturated rings. The number of hydrogen-bond acceptors (Lipinski definition) is 3. The van der Waals surface area contributed by atoms with Gasteiger partial charge in [0.2, 0.25) is 0 Å². The molecule has 100 valence electrons. The summed E-state index contributed by atoms with van der Waals surface area (Å²) >= 11 is 4.29. The first-order valence-corrected chi connectivity index (χ1v) is 6.99. The van der Waals surface area contributed by atoms with Crippen molar-refractivity contribution in [2.45, 2.75) is 13.5 Å². The van der Waals surface area contributed by atoms with Gasteiger partial charge >= 0.3 is 5.97 Å². The summed E-state index contributed by atoms with van der Waals surface area (Å²) in [5, 5.41) is 9.04. The fourth-order valence-corrected chi connectivity index (χ4v) is 2.74. The van der Waals surface area contributed by atoms with Crippen LogP contribution < -0.4 is 4.74 Å². The third-order valence-corrected chi connectivity index (χ3v) is 4.34. The Hall–Kier alpha value is -1.40. The molecule has 1 aromatic heterocycles. The molecule has 1 N–H and O–H groups in total. The summed E-state index contributed by atoms with van der Waals surface area (Å²) in [6, 6.07) is 6.30. The maximum absolute atomic E-state index is 13.3. The highest BCUT2D eigenvalue weighted by atomic mass is 79.9. The van der Waals surface area contributed by atoms with Gasteiger partial charge in [-0.15, -0.1) is 11.3 Å². The molecule has 2 rings (SSSR count). The second-order valence-corrected chi connectivity index (χ2v) is 5.91. The molecule has 0 aliphatic rings. The van der Waals surface area contributed by atoms with Crippen molar-refractivity contribution in [2.24, 2.45) is 0 Å². The van der Waals surface area contributed by atoms with Gasteiger partial charge in [0.05, 0.1) is 4.47 Å². The summed E-state index contributed by atoms with van der Waals surface area (Å²) in [6.07, 6.45) is 0. The fraction of sp³-hybridized carbons (Fsp3) is 0.154. The van der Waals surface area contributed by atoms with Crippen molar-refractivity contribution in [1.82, 2.24) is 0 Å². The number of halogens is 2. The van der Waals surface area contributed by atoms with Crippen molar-refractivity contribution in [3.8, 4) is 5.75 Å². The van der Waals surface area contributed by atoms with Gasteiger partial charge in [-0.25, -0.2) is 9.18 Å². The third-order valence-electron chi connectivity index (χ3n) is 2.43. The number of ether oxygens (including phenoxy) is 1. The Labute approximate surface area is 121 Å². The molecule has 0 aliphatic carbocycles. The molecule has 6 heteroatoms. The predicted molar refractivity (Wildman–Crippen MR) is 74.4 cm³/mol. The average molecular weight is 345 g/mol. The standard InChI is InChI=1S/C13H10BrFO3S/c1-7-5-10(12(19-7)13(16)17)18-6-8-3-2-4-9(15)11(8)14/h2-5H,6H2,1H3,(H,16,17). The van der Waals surface area contributed by atoms with Crippen LogP contribution in [0.15, 0.2) is 28.7 Å². The predicted octanol–water partition coefficient (Wildman–Crippen LogP) is 4.24. The van der Waals surface area contributed by atoms with E-state index in [1.165, 1.54) is 6.07 Å². The molecular weight excluding hydrogens is 335 g/mol. The molecule has 2 aromatic rings. The second-order valence-electron chi connectivity index (χ2n) is 3.86. The maximum Gasteiger partial charge on any atom is 0.349 e. The first-order chi connectivity index (χ1) is 8.99. The van der Waals surface area contributed by atoms with Gasteiger partial charge in [0.25, 0.3) is 0 Å². The van der Waals surface area contributed by atoms with Crippen molar-refractivity contribution in [3.63, 3.8) is 0 Å². The van der Waals surface area contributed by atoms with Gasteiger partial charge in [-0.1, -0.05) is 12.1 Å². The Morgan fingerprint density at radius 2 is 2.26 bits per heavy atom. The van der Waals surface area contributed by atoms with E-state index < -0.39 is 5.97 Å². The van der Waals surface area contributed by atoms with E-state index >= 15 is 0 Å². The molecule has 1 aromatic carbocycles. The lowest BCUT2D eigenvalue weighted by molar-refractivity contribution is 0.0697. The monoisotopic (exact) mass is 344 g/mol. The van der Waals surface area contributed by atoms with Crippen LogP contribution in [-0.4, -0.2) is 11.1 Å². The van der Waals surface area contributed by atoms with Crippen LogP contribution in [0.2, 0.25) is 0 Å². The molecule has 0 aliphatic heterocycles. The molecule has 19 heavy (non-hydrogen) atoms. The van der Waals surface area contributed by atoms with Crippen molar-refractivity contribution >= 4 is 33.2 Å². The van der Waals surface area contributed by atoms with Crippen LogP contribution in [0.3, 0.4) is 0 Å². The number of carboxylic acids is 1. The lowest BCUT2D eigenvalue weighted by Gasteiger charge is -2.07. The van der Waals surface area contributed by atoms with Crippen molar-refractivity contribution in [2.75, 3.05) is 0 Å². The van der Waals surface area contributed by atoms with Crippen molar-refractivity contribution in [3.05, 3.63) is 49.9 Å². The van der Waals surface area contributed by atoms with Crippen LogP contribution in [0.1, 0.15) is 20.1 Å². The average Bonchev–Trinajstić information content (AvgIpc) is 2.73. The summed E-state index contributed by atoms with van der Waals surface area (Å²) in [7, 11) is 0. The minimum atomic E-state index is -1.02. The van der Waals surface area contributed by atoms with Crippen LogP contribution >= 0.6 is 27.3 Å². The Bertz CT molecular complexity index is 624.